The second kappa shape index (κ2) is 7.89. The summed E-state index contributed by atoms with van der Waals surface area (Å²) in [5.41, 5.74) is 6.05. The summed E-state index contributed by atoms with van der Waals surface area (Å²) in [6, 6.07) is 17.4. The van der Waals surface area contributed by atoms with Crippen LogP contribution in [0, 0.1) is 0 Å². The van der Waals surface area contributed by atoms with Crippen LogP contribution in [-0.4, -0.2) is 23.0 Å². The molecule has 1 aromatic heterocycles. The number of nitrogens with zero attached hydrogens (tertiary/aromatic N) is 1. The number of nitrogens with one attached hydrogen (secondary N) is 2. The molecular weight excluding hydrogens is 362 g/mol. The standard InChI is InChI=1S/C24H23N3O2/c1-15-21(17-7-3-6-16(12-17)14-28)23(18-8-5-11-26-13-18)27-20-10-4-9-19(22(15)20)24(29)25-2/h3-13,21,23,27-28H,1,14H2,2H3,(H,25,29). The molecule has 5 heteroatoms. The minimum absolute atomic E-state index is 0.0297. The van der Waals surface area contributed by atoms with Gasteiger partial charge in [-0.1, -0.05) is 43.0 Å². The van der Waals surface area contributed by atoms with Crippen molar-refractivity contribution in [1.82, 2.24) is 10.3 Å². The fourth-order valence-corrected chi connectivity index (χ4v) is 4.06. The summed E-state index contributed by atoms with van der Waals surface area (Å²) in [4.78, 5) is 16.8. The number of carbonyl (C=O) groups excluding carboxylic acids is 1. The van der Waals surface area contributed by atoms with E-state index < -0.39 is 0 Å². The summed E-state index contributed by atoms with van der Waals surface area (Å²) < 4.78 is 0. The Morgan fingerprint density at radius 2 is 1.97 bits per heavy atom. The molecule has 2 heterocycles. The minimum atomic E-state index is -0.146. The Balaban J connectivity index is 1.91. The highest BCUT2D eigenvalue weighted by molar-refractivity contribution is 6.03. The van der Waals surface area contributed by atoms with Gasteiger partial charge >= 0.3 is 0 Å². The minimum Gasteiger partial charge on any atom is -0.392 e. The van der Waals surface area contributed by atoms with Crippen LogP contribution < -0.4 is 10.6 Å². The second-order valence-electron chi connectivity index (χ2n) is 7.12. The normalized spacial score (nSPS) is 17.9. The van der Waals surface area contributed by atoms with E-state index in [0.29, 0.717) is 5.56 Å². The molecule has 0 aliphatic carbocycles. The van der Waals surface area contributed by atoms with E-state index in [0.717, 1.165) is 33.5 Å². The van der Waals surface area contributed by atoms with Crippen LogP contribution in [0.25, 0.3) is 5.57 Å². The number of aliphatic hydroxyl groups is 1. The van der Waals surface area contributed by atoms with Crippen LogP contribution in [0.2, 0.25) is 0 Å². The zero-order chi connectivity index (χ0) is 20.4. The summed E-state index contributed by atoms with van der Waals surface area (Å²) in [6.07, 6.45) is 3.60. The van der Waals surface area contributed by atoms with Crippen molar-refractivity contribution in [3.05, 3.63) is 101 Å². The number of rotatable bonds is 4. The Morgan fingerprint density at radius 1 is 1.17 bits per heavy atom. The molecule has 2 aromatic carbocycles. The van der Waals surface area contributed by atoms with Crippen LogP contribution in [0.1, 0.15) is 44.6 Å². The zero-order valence-corrected chi connectivity index (χ0v) is 16.2. The second-order valence-corrected chi connectivity index (χ2v) is 7.12. The Labute approximate surface area is 170 Å². The first-order chi connectivity index (χ1) is 14.1. The van der Waals surface area contributed by atoms with E-state index in [9.17, 15) is 9.90 Å². The number of pyridine rings is 1. The number of aromatic nitrogens is 1. The summed E-state index contributed by atoms with van der Waals surface area (Å²) in [7, 11) is 1.63. The van der Waals surface area contributed by atoms with Crippen molar-refractivity contribution >= 4 is 17.2 Å². The number of carbonyl (C=O) groups is 1. The number of benzene rings is 2. The molecule has 0 radical (unpaired) electrons. The molecule has 1 amide bonds. The van der Waals surface area contributed by atoms with Crippen LogP contribution in [0.15, 0.2) is 73.6 Å². The Bertz CT molecular complexity index is 1060. The van der Waals surface area contributed by atoms with E-state index >= 15 is 0 Å². The number of anilines is 1. The molecule has 2 unspecified atom stereocenters. The van der Waals surface area contributed by atoms with E-state index in [4.69, 9.17) is 0 Å². The predicted octanol–water partition coefficient (Wildman–Crippen LogP) is 3.90. The van der Waals surface area contributed by atoms with Gasteiger partial charge in [-0.3, -0.25) is 9.78 Å². The molecule has 3 N–H and O–H groups in total. The van der Waals surface area contributed by atoms with Crippen LogP contribution in [0.4, 0.5) is 5.69 Å². The number of aliphatic hydroxyl groups excluding tert-OH is 1. The van der Waals surface area contributed by atoms with Gasteiger partial charge in [-0.15, -0.1) is 0 Å². The lowest BCUT2D eigenvalue weighted by Crippen LogP contribution is -2.28. The molecule has 1 aliphatic heterocycles. The highest BCUT2D eigenvalue weighted by Gasteiger charge is 2.35. The molecule has 0 saturated heterocycles. The fourth-order valence-electron chi connectivity index (χ4n) is 4.06. The fraction of sp³-hybridized carbons (Fsp3) is 0.167. The Hall–Kier alpha value is -3.44. The average molecular weight is 385 g/mol. The highest BCUT2D eigenvalue weighted by atomic mass is 16.3. The van der Waals surface area contributed by atoms with Gasteiger partial charge in [0.1, 0.15) is 0 Å². The highest BCUT2D eigenvalue weighted by Crippen LogP contribution is 2.49. The monoisotopic (exact) mass is 385 g/mol. The van der Waals surface area contributed by atoms with Crippen molar-refractivity contribution in [3.8, 4) is 0 Å². The van der Waals surface area contributed by atoms with Crippen LogP contribution >= 0.6 is 0 Å². The SMILES string of the molecule is C=C1c2c(cccc2C(=O)NC)NC(c2cccnc2)C1c1cccc(CO)c1. The maximum absolute atomic E-state index is 12.5. The number of fused-ring (bicyclic) bond motifs is 1. The third-order valence-corrected chi connectivity index (χ3v) is 5.41. The van der Waals surface area contributed by atoms with Gasteiger partial charge in [-0.25, -0.2) is 0 Å². The molecule has 0 spiro atoms. The van der Waals surface area contributed by atoms with Crippen LogP contribution in [-0.2, 0) is 6.61 Å². The lowest BCUT2D eigenvalue weighted by Gasteiger charge is -2.38. The number of amides is 1. The van der Waals surface area contributed by atoms with Gasteiger partial charge in [0.25, 0.3) is 5.91 Å². The van der Waals surface area contributed by atoms with Crippen LogP contribution in [0.5, 0.6) is 0 Å². The van der Waals surface area contributed by atoms with E-state index in [1.54, 1.807) is 13.2 Å². The smallest absolute Gasteiger partial charge is 0.251 e. The third kappa shape index (κ3) is 3.41. The molecular formula is C24H23N3O2. The first-order valence-corrected chi connectivity index (χ1v) is 9.54. The Morgan fingerprint density at radius 3 is 2.69 bits per heavy atom. The van der Waals surface area contributed by atoms with Gasteiger partial charge in [0.05, 0.1) is 12.6 Å². The summed E-state index contributed by atoms with van der Waals surface area (Å²) >= 11 is 0. The maximum atomic E-state index is 12.5. The topological polar surface area (TPSA) is 74.2 Å². The molecule has 1 aliphatic rings. The van der Waals surface area contributed by atoms with E-state index in [1.165, 1.54) is 0 Å². The quantitative estimate of drug-likeness (QED) is 0.637. The molecule has 4 rings (SSSR count). The van der Waals surface area contributed by atoms with Gasteiger partial charge < -0.3 is 15.7 Å². The molecule has 0 fully saturated rings. The van der Waals surface area contributed by atoms with Crippen molar-refractivity contribution in [2.75, 3.05) is 12.4 Å². The zero-order valence-electron chi connectivity index (χ0n) is 16.2. The van der Waals surface area contributed by atoms with Crippen molar-refractivity contribution in [2.45, 2.75) is 18.6 Å². The van der Waals surface area contributed by atoms with Gasteiger partial charge in [-0.2, -0.15) is 0 Å². The lowest BCUT2D eigenvalue weighted by atomic mass is 9.75. The van der Waals surface area contributed by atoms with Gasteiger partial charge in [-0.05, 0) is 40.5 Å². The largest absolute Gasteiger partial charge is 0.392 e. The number of hydrogen-bond acceptors (Lipinski definition) is 4. The van der Waals surface area contributed by atoms with Crippen molar-refractivity contribution in [1.29, 1.82) is 0 Å². The average Bonchev–Trinajstić information content (AvgIpc) is 2.78. The lowest BCUT2D eigenvalue weighted by molar-refractivity contribution is 0.0962. The Kier molecular flexibility index (Phi) is 5.14. The van der Waals surface area contributed by atoms with Crippen LogP contribution in [0.3, 0.4) is 0 Å². The number of hydrogen-bond donors (Lipinski definition) is 3. The van der Waals surface area contributed by atoms with E-state index in [1.807, 2.05) is 60.8 Å². The first kappa shape index (κ1) is 18.9. The van der Waals surface area contributed by atoms with Gasteiger partial charge in [0.2, 0.25) is 0 Å². The third-order valence-electron chi connectivity index (χ3n) is 5.41. The van der Waals surface area contributed by atoms with Crippen molar-refractivity contribution in [3.63, 3.8) is 0 Å². The first-order valence-electron chi connectivity index (χ1n) is 9.54. The van der Waals surface area contributed by atoms with Crippen molar-refractivity contribution in [2.24, 2.45) is 0 Å². The molecule has 5 nitrogen and oxygen atoms in total. The summed E-state index contributed by atoms with van der Waals surface area (Å²) in [6.45, 7) is 4.39. The molecule has 29 heavy (non-hydrogen) atoms. The molecule has 2 atom stereocenters. The summed E-state index contributed by atoms with van der Waals surface area (Å²) in [5, 5.41) is 15.9. The van der Waals surface area contributed by atoms with E-state index in [2.05, 4.69) is 22.2 Å². The maximum Gasteiger partial charge on any atom is 0.251 e. The summed E-state index contributed by atoms with van der Waals surface area (Å²) in [5.74, 6) is -0.267. The van der Waals surface area contributed by atoms with E-state index in [-0.39, 0.29) is 24.5 Å². The molecule has 0 saturated carbocycles. The molecule has 3 aromatic rings. The van der Waals surface area contributed by atoms with Gasteiger partial charge in [0, 0.05) is 42.2 Å². The van der Waals surface area contributed by atoms with Crippen molar-refractivity contribution < 1.29 is 9.90 Å². The van der Waals surface area contributed by atoms with Gasteiger partial charge in [0.15, 0.2) is 0 Å². The molecule has 0 bridgehead atoms. The molecule has 146 valence electrons. The predicted molar refractivity (Wildman–Crippen MR) is 115 cm³/mol.